The van der Waals surface area contributed by atoms with Gasteiger partial charge in [0.2, 0.25) is 0 Å². The van der Waals surface area contributed by atoms with Gasteiger partial charge in [0.25, 0.3) is 5.91 Å². The van der Waals surface area contributed by atoms with E-state index in [4.69, 9.17) is 39.5 Å². The molecule has 5 rings (SSSR count). The number of rotatable bonds is 6. The number of H-pyrrole nitrogens is 1. The molecule has 0 aliphatic heterocycles. The van der Waals surface area contributed by atoms with Crippen LogP contribution in [0.2, 0.25) is 15.1 Å². The summed E-state index contributed by atoms with van der Waals surface area (Å²) >= 11 is 25.8. The molecule has 2 N–H and O–H groups in total. The summed E-state index contributed by atoms with van der Waals surface area (Å²) in [6.45, 7) is 0. The Morgan fingerprint density at radius 2 is 1.68 bits per heavy atom. The molecule has 1 amide bonds. The van der Waals surface area contributed by atoms with Crippen molar-refractivity contribution in [2.75, 3.05) is 0 Å². The maximum atomic E-state index is 13.4. The SMILES string of the molecule is O=C(Oc1c(Br)cc(Br)cc1C=NNC(=O)c1[nH]c2c(Cl)cc(Cl)cc2c1-c1ccccc1Cl)c1cccc(C(F)(F)F)c1. The number of hydrogen-bond donors (Lipinski definition) is 2. The van der Waals surface area contributed by atoms with Gasteiger partial charge in [-0.3, -0.25) is 4.79 Å². The van der Waals surface area contributed by atoms with Gasteiger partial charge >= 0.3 is 12.1 Å². The third-order valence-corrected chi connectivity index (χ3v) is 8.11. The van der Waals surface area contributed by atoms with Crippen molar-refractivity contribution < 1.29 is 27.5 Å². The Hall–Kier alpha value is -3.35. The number of nitrogens with one attached hydrogen (secondary N) is 2. The van der Waals surface area contributed by atoms with Gasteiger partial charge in [-0.2, -0.15) is 18.3 Å². The van der Waals surface area contributed by atoms with Crippen LogP contribution >= 0.6 is 66.7 Å². The first-order chi connectivity index (χ1) is 20.8. The molecule has 44 heavy (non-hydrogen) atoms. The molecule has 0 saturated carbocycles. The van der Waals surface area contributed by atoms with E-state index in [0.717, 1.165) is 12.1 Å². The molecule has 0 unspecified atom stereocenters. The van der Waals surface area contributed by atoms with E-state index in [9.17, 15) is 22.8 Å². The fourth-order valence-corrected chi connectivity index (χ4v) is 6.42. The van der Waals surface area contributed by atoms with Crippen LogP contribution in [-0.4, -0.2) is 23.1 Å². The Bertz CT molecular complexity index is 1980. The quantitative estimate of drug-likeness (QED) is 0.0778. The van der Waals surface area contributed by atoms with Crippen molar-refractivity contribution in [2.24, 2.45) is 5.10 Å². The van der Waals surface area contributed by atoms with Crippen LogP contribution in [0.25, 0.3) is 22.0 Å². The zero-order chi connectivity index (χ0) is 31.8. The molecule has 0 atom stereocenters. The highest BCUT2D eigenvalue weighted by atomic mass is 79.9. The number of carbonyl (C=O) groups excluding carboxylic acids is 2. The van der Waals surface area contributed by atoms with E-state index in [1.165, 1.54) is 24.4 Å². The lowest BCUT2D eigenvalue weighted by molar-refractivity contribution is -0.137. The number of fused-ring (bicyclic) bond motifs is 1. The average Bonchev–Trinajstić information content (AvgIpc) is 3.34. The molecule has 6 nitrogen and oxygen atoms in total. The van der Waals surface area contributed by atoms with Gasteiger partial charge in [-0.15, -0.1) is 0 Å². The summed E-state index contributed by atoms with van der Waals surface area (Å²) in [6, 6.07) is 17.1. The molecular formula is C30H15Br2Cl3F3N3O3. The van der Waals surface area contributed by atoms with Crippen LogP contribution in [0.5, 0.6) is 5.75 Å². The summed E-state index contributed by atoms with van der Waals surface area (Å²) in [5.41, 5.74) is 2.89. The lowest BCUT2D eigenvalue weighted by Crippen LogP contribution is -2.19. The van der Waals surface area contributed by atoms with Crippen LogP contribution in [0.1, 0.15) is 32.0 Å². The fourth-order valence-electron chi connectivity index (χ4n) is 4.31. The zero-order valence-corrected chi connectivity index (χ0v) is 27.1. The van der Waals surface area contributed by atoms with Gasteiger partial charge in [-0.25, -0.2) is 10.2 Å². The number of carbonyl (C=O) groups is 2. The van der Waals surface area contributed by atoms with E-state index in [-0.39, 0.29) is 27.6 Å². The van der Waals surface area contributed by atoms with E-state index in [2.05, 4.69) is 47.4 Å². The van der Waals surface area contributed by atoms with Crippen LogP contribution in [0.3, 0.4) is 0 Å². The van der Waals surface area contributed by atoms with E-state index in [0.29, 0.717) is 47.1 Å². The van der Waals surface area contributed by atoms with Crippen LogP contribution in [0.4, 0.5) is 13.2 Å². The van der Waals surface area contributed by atoms with Crippen molar-refractivity contribution in [2.45, 2.75) is 6.18 Å². The number of benzene rings is 4. The summed E-state index contributed by atoms with van der Waals surface area (Å²) in [6.07, 6.45) is -3.43. The van der Waals surface area contributed by atoms with Crippen molar-refractivity contribution in [1.82, 2.24) is 10.4 Å². The van der Waals surface area contributed by atoms with Crippen molar-refractivity contribution in [3.8, 4) is 16.9 Å². The number of halogens is 8. The van der Waals surface area contributed by atoms with Crippen molar-refractivity contribution in [1.29, 1.82) is 0 Å². The predicted octanol–water partition coefficient (Wildman–Crippen LogP) is 10.3. The molecule has 0 saturated heterocycles. The second-order valence-corrected chi connectivity index (χ2v) is 12.2. The van der Waals surface area contributed by atoms with E-state index >= 15 is 0 Å². The van der Waals surface area contributed by atoms with Crippen LogP contribution in [0, 0.1) is 0 Å². The minimum atomic E-state index is -4.64. The number of hydrazone groups is 1. The maximum absolute atomic E-state index is 13.4. The Morgan fingerprint density at radius 1 is 0.932 bits per heavy atom. The zero-order valence-electron chi connectivity index (χ0n) is 21.7. The molecule has 4 aromatic carbocycles. The Kier molecular flexibility index (Phi) is 9.43. The predicted molar refractivity (Wildman–Crippen MR) is 172 cm³/mol. The molecule has 1 heterocycles. The molecule has 0 radical (unpaired) electrons. The lowest BCUT2D eigenvalue weighted by Gasteiger charge is -2.12. The first-order valence-electron chi connectivity index (χ1n) is 12.3. The summed E-state index contributed by atoms with van der Waals surface area (Å²) in [4.78, 5) is 29.3. The molecule has 224 valence electrons. The number of ether oxygens (including phenoxy) is 1. The molecule has 14 heteroatoms. The summed E-state index contributed by atoms with van der Waals surface area (Å²) in [7, 11) is 0. The number of nitrogens with zero attached hydrogens (tertiary/aromatic N) is 1. The highest BCUT2D eigenvalue weighted by molar-refractivity contribution is 9.11. The third kappa shape index (κ3) is 6.82. The monoisotopic (exact) mass is 785 g/mol. The number of alkyl halides is 3. The van der Waals surface area contributed by atoms with Gasteiger partial charge < -0.3 is 9.72 Å². The summed E-state index contributed by atoms with van der Waals surface area (Å²) in [5, 5.41) is 5.62. The average molecular weight is 789 g/mol. The largest absolute Gasteiger partial charge is 0.421 e. The Morgan fingerprint density at radius 3 is 2.41 bits per heavy atom. The van der Waals surface area contributed by atoms with Crippen molar-refractivity contribution in [3.05, 3.63) is 119 Å². The van der Waals surface area contributed by atoms with Gasteiger partial charge in [-0.1, -0.05) is 75.0 Å². The second-order valence-electron chi connectivity index (χ2n) is 9.14. The van der Waals surface area contributed by atoms with Crippen molar-refractivity contribution in [3.63, 3.8) is 0 Å². The number of esters is 1. The standard InChI is InChI=1S/C30H15Br2Cl3F3N3O3/c31-17-9-15(27(21(32)10-17)44-29(43)14-4-3-5-16(8-14)30(36,37)38)13-39-41-28(42)26-24(19-6-1-2-7-22(19)34)20-11-18(33)12-23(35)25(20)40-26/h1-13,40H,(H,41,42). The Balaban J connectivity index is 1.46. The Labute approximate surface area is 279 Å². The highest BCUT2D eigenvalue weighted by Gasteiger charge is 2.31. The van der Waals surface area contributed by atoms with E-state index in [1.807, 2.05) is 0 Å². The highest BCUT2D eigenvalue weighted by Crippen LogP contribution is 2.40. The molecular weight excluding hydrogens is 774 g/mol. The van der Waals surface area contributed by atoms with E-state index < -0.39 is 23.6 Å². The minimum Gasteiger partial charge on any atom is -0.421 e. The minimum absolute atomic E-state index is 0.0441. The van der Waals surface area contributed by atoms with E-state index in [1.54, 1.807) is 36.4 Å². The maximum Gasteiger partial charge on any atom is 0.416 e. The van der Waals surface area contributed by atoms with Crippen LogP contribution in [-0.2, 0) is 6.18 Å². The molecule has 0 aliphatic carbocycles. The van der Waals surface area contributed by atoms with Crippen molar-refractivity contribution >= 4 is 95.7 Å². The topological polar surface area (TPSA) is 83.5 Å². The lowest BCUT2D eigenvalue weighted by atomic mass is 10.0. The van der Waals surface area contributed by atoms with Crippen LogP contribution < -0.4 is 10.2 Å². The third-order valence-electron chi connectivity index (χ3n) is 6.22. The number of aromatic amines is 1. The molecule has 0 spiro atoms. The van der Waals surface area contributed by atoms with Gasteiger partial charge in [0, 0.05) is 36.6 Å². The van der Waals surface area contributed by atoms with Gasteiger partial charge in [0.1, 0.15) is 5.69 Å². The second kappa shape index (κ2) is 12.9. The summed E-state index contributed by atoms with van der Waals surface area (Å²) < 4.78 is 45.8. The smallest absolute Gasteiger partial charge is 0.416 e. The molecule has 5 aromatic rings. The van der Waals surface area contributed by atoms with Crippen LogP contribution in [0.15, 0.2) is 86.8 Å². The molecule has 0 bridgehead atoms. The number of amides is 1. The molecule has 0 fully saturated rings. The normalized spacial score (nSPS) is 11.7. The fraction of sp³-hybridized carbons (Fsp3) is 0.0333. The van der Waals surface area contributed by atoms with Gasteiger partial charge in [-0.05, 0) is 64.5 Å². The van der Waals surface area contributed by atoms with Gasteiger partial charge in [0.15, 0.2) is 5.75 Å². The van der Waals surface area contributed by atoms with Gasteiger partial charge in [0.05, 0.1) is 32.4 Å². The number of aromatic nitrogens is 1. The number of hydrogen-bond acceptors (Lipinski definition) is 4. The first kappa shape index (κ1) is 32.1. The molecule has 1 aromatic heterocycles. The first-order valence-corrected chi connectivity index (χ1v) is 15.0. The molecule has 0 aliphatic rings. The summed E-state index contributed by atoms with van der Waals surface area (Å²) in [5.74, 6) is -1.73.